The van der Waals surface area contributed by atoms with Crippen molar-refractivity contribution in [2.45, 2.75) is 57.8 Å². The van der Waals surface area contributed by atoms with Crippen LogP contribution >= 0.6 is 24.0 Å². The average Bonchev–Trinajstić information content (AvgIpc) is 3.36. The molecule has 8 heteroatoms. The van der Waals surface area contributed by atoms with Crippen LogP contribution in [0.4, 0.5) is 0 Å². The number of aliphatic imine (C=N–C) groups is 1. The number of likely N-dealkylation sites (tertiary alicyclic amines) is 1. The lowest BCUT2D eigenvalue weighted by Crippen LogP contribution is -2.44. The van der Waals surface area contributed by atoms with Crippen molar-refractivity contribution in [1.82, 2.24) is 30.3 Å². The molecular weight excluding hydrogens is 477 g/mol. The monoisotopic (exact) mass is 509 g/mol. The highest BCUT2D eigenvalue weighted by molar-refractivity contribution is 14.0. The molecule has 29 heavy (non-hydrogen) atoms. The molecule has 1 aromatic heterocycles. The van der Waals surface area contributed by atoms with E-state index in [-0.39, 0.29) is 24.0 Å². The van der Waals surface area contributed by atoms with Crippen LogP contribution in [0, 0.1) is 0 Å². The van der Waals surface area contributed by atoms with Gasteiger partial charge in [0.15, 0.2) is 11.8 Å². The smallest absolute Gasteiger partial charge is 0.191 e. The third-order valence-electron chi connectivity index (χ3n) is 5.81. The van der Waals surface area contributed by atoms with Gasteiger partial charge in [-0.1, -0.05) is 30.3 Å². The first-order chi connectivity index (χ1) is 13.8. The van der Waals surface area contributed by atoms with E-state index in [4.69, 9.17) is 0 Å². The van der Waals surface area contributed by atoms with E-state index in [0.717, 1.165) is 43.7 Å². The minimum absolute atomic E-state index is 0. The Balaban J connectivity index is 0.00000240. The first-order valence-corrected chi connectivity index (χ1v) is 10.5. The predicted octanol–water partition coefficient (Wildman–Crippen LogP) is 2.56. The van der Waals surface area contributed by atoms with Crippen LogP contribution in [0.25, 0.3) is 0 Å². The van der Waals surface area contributed by atoms with Crippen LogP contribution < -0.4 is 10.6 Å². The van der Waals surface area contributed by atoms with Crippen LogP contribution in [-0.2, 0) is 26.1 Å². The zero-order valence-corrected chi connectivity index (χ0v) is 19.5. The quantitative estimate of drug-likeness (QED) is 0.356. The number of hydrogen-bond donors (Lipinski definition) is 2. The fourth-order valence-electron chi connectivity index (χ4n) is 4.25. The molecule has 2 N–H and O–H groups in total. The third kappa shape index (κ3) is 5.69. The Labute approximate surface area is 190 Å². The Morgan fingerprint density at radius 1 is 1.10 bits per heavy atom. The molecule has 0 saturated carbocycles. The van der Waals surface area contributed by atoms with Gasteiger partial charge in [0.1, 0.15) is 5.82 Å². The SMILES string of the molecule is CN=C(NCc1nnc2n1CCCC2)NCC1CCCN1Cc1ccccc1.I. The molecule has 2 aliphatic rings. The summed E-state index contributed by atoms with van der Waals surface area (Å²) >= 11 is 0. The number of aromatic nitrogens is 3. The van der Waals surface area contributed by atoms with Crippen LogP contribution in [-0.4, -0.2) is 51.8 Å². The maximum absolute atomic E-state index is 4.39. The van der Waals surface area contributed by atoms with Crippen LogP contribution in [0.5, 0.6) is 0 Å². The molecule has 4 rings (SSSR count). The highest BCUT2D eigenvalue weighted by Gasteiger charge is 2.24. The molecular formula is C21H32IN7. The minimum Gasteiger partial charge on any atom is -0.355 e. The van der Waals surface area contributed by atoms with Gasteiger partial charge in [-0.25, -0.2) is 0 Å². The molecule has 2 aliphatic heterocycles. The van der Waals surface area contributed by atoms with Gasteiger partial charge in [0.25, 0.3) is 0 Å². The van der Waals surface area contributed by atoms with E-state index in [9.17, 15) is 0 Å². The van der Waals surface area contributed by atoms with Gasteiger partial charge < -0.3 is 15.2 Å². The van der Waals surface area contributed by atoms with Gasteiger partial charge in [-0.2, -0.15) is 0 Å². The van der Waals surface area contributed by atoms with E-state index in [2.05, 4.69) is 65.6 Å². The number of nitrogens with zero attached hydrogens (tertiary/aromatic N) is 5. The van der Waals surface area contributed by atoms with Crippen molar-refractivity contribution in [2.24, 2.45) is 4.99 Å². The van der Waals surface area contributed by atoms with Gasteiger partial charge in [0, 0.05) is 39.1 Å². The summed E-state index contributed by atoms with van der Waals surface area (Å²) in [5, 5.41) is 15.6. The Kier molecular flexibility index (Phi) is 8.29. The van der Waals surface area contributed by atoms with E-state index < -0.39 is 0 Å². The highest BCUT2D eigenvalue weighted by Crippen LogP contribution is 2.19. The second-order valence-corrected chi connectivity index (χ2v) is 7.70. The summed E-state index contributed by atoms with van der Waals surface area (Å²) in [7, 11) is 1.82. The fraction of sp³-hybridized carbons (Fsp3) is 0.571. The van der Waals surface area contributed by atoms with Crippen LogP contribution in [0.3, 0.4) is 0 Å². The molecule has 1 fully saturated rings. The van der Waals surface area contributed by atoms with Gasteiger partial charge >= 0.3 is 0 Å². The molecule has 0 aliphatic carbocycles. The van der Waals surface area contributed by atoms with Crippen molar-refractivity contribution in [1.29, 1.82) is 0 Å². The number of guanidine groups is 1. The van der Waals surface area contributed by atoms with Crippen molar-refractivity contribution >= 4 is 29.9 Å². The summed E-state index contributed by atoms with van der Waals surface area (Å²) in [4.78, 5) is 6.96. The van der Waals surface area contributed by atoms with Gasteiger partial charge in [-0.15, -0.1) is 34.2 Å². The van der Waals surface area contributed by atoms with Crippen molar-refractivity contribution in [3.63, 3.8) is 0 Å². The lowest BCUT2D eigenvalue weighted by molar-refractivity contribution is 0.245. The van der Waals surface area contributed by atoms with E-state index in [1.54, 1.807) is 0 Å². The first kappa shape index (κ1) is 22.0. The zero-order chi connectivity index (χ0) is 19.2. The lowest BCUT2D eigenvalue weighted by atomic mass is 10.2. The molecule has 158 valence electrons. The van der Waals surface area contributed by atoms with E-state index >= 15 is 0 Å². The topological polar surface area (TPSA) is 70.4 Å². The zero-order valence-electron chi connectivity index (χ0n) is 17.2. The molecule has 0 radical (unpaired) electrons. The van der Waals surface area contributed by atoms with Crippen molar-refractivity contribution in [3.05, 3.63) is 47.5 Å². The molecule has 1 saturated heterocycles. The van der Waals surface area contributed by atoms with Gasteiger partial charge in [0.2, 0.25) is 0 Å². The van der Waals surface area contributed by atoms with Gasteiger partial charge in [-0.3, -0.25) is 9.89 Å². The van der Waals surface area contributed by atoms with E-state index in [0.29, 0.717) is 12.6 Å². The maximum atomic E-state index is 4.39. The Morgan fingerprint density at radius 2 is 1.97 bits per heavy atom. The van der Waals surface area contributed by atoms with Crippen molar-refractivity contribution < 1.29 is 0 Å². The summed E-state index contributed by atoms with van der Waals surface area (Å²) in [5.74, 6) is 2.96. The highest BCUT2D eigenvalue weighted by atomic mass is 127. The van der Waals surface area contributed by atoms with Crippen LogP contribution in [0.15, 0.2) is 35.3 Å². The number of aryl methyl sites for hydroxylation is 1. The second kappa shape index (κ2) is 10.9. The predicted molar refractivity (Wildman–Crippen MR) is 126 cm³/mol. The molecule has 7 nitrogen and oxygen atoms in total. The fourth-order valence-corrected chi connectivity index (χ4v) is 4.25. The summed E-state index contributed by atoms with van der Waals surface area (Å²) in [6, 6.07) is 11.3. The summed E-state index contributed by atoms with van der Waals surface area (Å²) in [6.45, 7) is 4.78. The van der Waals surface area contributed by atoms with Crippen LogP contribution in [0.2, 0.25) is 0 Å². The molecule has 0 amide bonds. The van der Waals surface area contributed by atoms with Gasteiger partial charge in [0.05, 0.1) is 6.54 Å². The van der Waals surface area contributed by atoms with E-state index in [1.165, 1.54) is 37.8 Å². The van der Waals surface area contributed by atoms with Crippen LogP contribution in [0.1, 0.15) is 42.9 Å². The van der Waals surface area contributed by atoms with E-state index in [1.807, 2.05) is 7.05 Å². The Bertz CT molecular complexity index is 790. The second-order valence-electron chi connectivity index (χ2n) is 7.70. The minimum atomic E-state index is 0. The number of benzene rings is 1. The molecule has 0 spiro atoms. The Hall–Kier alpha value is -1.68. The molecule has 1 aromatic carbocycles. The summed E-state index contributed by atoms with van der Waals surface area (Å²) < 4.78 is 2.25. The molecule has 1 unspecified atom stereocenters. The lowest BCUT2D eigenvalue weighted by Gasteiger charge is -2.25. The maximum Gasteiger partial charge on any atom is 0.191 e. The molecule has 2 aromatic rings. The first-order valence-electron chi connectivity index (χ1n) is 10.5. The largest absolute Gasteiger partial charge is 0.355 e. The number of fused-ring (bicyclic) bond motifs is 1. The Morgan fingerprint density at radius 3 is 2.79 bits per heavy atom. The van der Waals surface area contributed by atoms with Crippen molar-refractivity contribution in [3.8, 4) is 0 Å². The molecule has 0 bridgehead atoms. The number of rotatable bonds is 6. The third-order valence-corrected chi connectivity index (χ3v) is 5.81. The standard InChI is InChI=1S/C21H31N7.HI/c1-22-21(24-15-20-26-25-19-11-5-6-13-28(19)20)23-14-18-10-7-12-27(18)16-17-8-3-2-4-9-17;/h2-4,8-9,18H,5-7,10-16H2,1H3,(H2,22,23,24);1H. The number of hydrogen-bond acceptors (Lipinski definition) is 4. The van der Waals surface area contributed by atoms with Crippen molar-refractivity contribution in [2.75, 3.05) is 20.1 Å². The summed E-state index contributed by atoms with van der Waals surface area (Å²) in [6.07, 6.45) is 5.96. The normalized spacial score (nSPS) is 19.5. The number of halogens is 1. The van der Waals surface area contributed by atoms with Gasteiger partial charge in [-0.05, 0) is 37.8 Å². The molecule has 1 atom stereocenters. The summed E-state index contributed by atoms with van der Waals surface area (Å²) in [5.41, 5.74) is 1.38. The average molecular weight is 509 g/mol. The molecule has 3 heterocycles. The number of nitrogens with one attached hydrogen (secondary N) is 2.